The summed E-state index contributed by atoms with van der Waals surface area (Å²) in [6, 6.07) is 10.8. The Morgan fingerprint density at radius 3 is 2.48 bits per heavy atom. The monoisotopic (exact) mass is 328 g/mol. The normalized spacial score (nSPS) is 11.4. The van der Waals surface area contributed by atoms with Crippen molar-refractivity contribution < 1.29 is 12.8 Å². The Morgan fingerprint density at radius 2 is 1.81 bits per heavy atom. The van der Waals surface area contributed by atoms with Gasteiger partial charge in [0.1, 0.15) is 11.5 Å². The first-order chi connectivity index (χ1) is 9.91. The van der Waals surface area contributed by atoms with Crippen LogP contribution in [0.3, 0.4) is 0 Å². The summed E-state index contributed by atoms with van der Waals surface area (Å²) in [6.07, 6.45) is 0. The first-order valence-corrected chi connectivity index (χ1v) is 8.17. The summed E-state index contributed by atoms with van der Waals surface area (Å²) >= 11 is 5.80. The maximum Gasteiger partial charge on any atom is 0.237 e. The Bertz CT molecular complexity index is 730. The minimum Gasteiger partial charge on any atom is -0.326 e. The zero-order valence-electron chi connectivity index (χ0n) is 11.0. The molecule has 4 nitrogen and oxygen atoms in total. The van der Waals surface area contributed by atoms with Crippen LogP contribution in [0.4, 0.5) is 10.1 Å². The number of nitrogens with one attached hydrogen (secondary N) is 1. The SMILES string of the molecule is NCc1cccc(CS(=O)(=O)Nc2c(F)cccc2Cl)c1. The largest absolute Gasteiger partial charge is 0.326 e. The molecule has 0 saturated carbocycles. The van der Waals surface area contributed by atoms with E-state index in [1.807, 2.05) is 0 Å². The first kappa shape index (κ1) is 15.8. The van der Waals surface area contributed by atoms with E-state index in [1.54, 1.807) is 24.3 Å². The van der Waals surface area contributed by atoms with Gasteiger partial charge in [-0.2, -0.15) is 0 Å². The van der Waals surface area contributed by atoms with Crippen LogP contribution in [0.2, 0.25) is 5.02 Å². The van der Waals surface area contributed by atoms with Crippen LogP contribution in [0.15, 0.2) is 42.5 Å². The van der Waals surface area contributed by atoms with Crippen LogP contribution >= 0.6 is 11.6 Å². The minimum absolute atomic E-state index is 0.00860. The Balaban J connectivity index is 2.23. The summed E-state index contributed by atoms with van der Waals surface area (Å²) in [7, 11) is -3.77. The highest BCUT2D eigenvalue weighted by atomic mass is 35.5. The lowest BCUT2D eigenvalue weighted by Crippen LogP contribution is -2.16. The molecule has 21 heavy (non-hydrogen) atoms. The highest BCUT2D eigenvalue weighted by Gasteiger charge is 2.16. The second-order valence-electron chi connectivity index (χ2n) is 4.48. The summed E-state index contributed by atoms with van der Waals surface area (Å²) in [4.78, 5) is 0. The van der Waals surface area contributed by atoms with Gasteiger partial charge in [0, 0.05) is 6.54 Å². The lowest BCUT2D eigenvalue weighted by atomic mass is 10.1. The molecule has 7 heteroatoms. The molecule has 2 aromatic rings. The average Bonchev–Trinajstić information content (AvgIpc) is 2.43. The number of hydrogen-bond acceptors (Lipinski definition) is 3. The third-order valence-corrected chi connectivity index (χ3v) is 4.35. The van der Waals surface area contributed by atoms with E-state index in [-0.39, 0.29) is 16.5 Å². The third-order valence-electron chi connectivity index (χ3n) is 2.80. The second kappa shape index (κ2) is 6.43. The van der Waals surface area contributed by atoms with Crippen LogP contribution in [0.1, 0.15) is 11.1 Å². The van der Waals surface area contributed by atoms with Gasteiger partial charge in [-0.05, 0) is 23.3 Å². The Morgan fingerprint density at radius 1 is 1.14 bits per heavy atom. The topological polar surface area (TPSA) is 72.2 Å². The van der Waals surface area contributed by atoms with Crippen LogP contribution in [-0.4, -0.2) is 8.42 Å². The van der Waals surface area contributed by atoms with Crippen LogP contribution in [0.5, 0.6) is 0 Å². The van der Waals surface area contributed by atoms with Gasteiger partial charge in [0.25, 0.3) is 0 Å². The first-order valence-electron chi connectivity index (χ1n) is 6.13. The average molecular weight is 329 g/mol. The number of rotatable bonds is 5. The van der Waals surface area contributed by atoms with E-state index in [9.17, 15) is 12.8 Å². The van der Waals surface area contributed by atoms with Crippen LogP contribution in [-0.2, 0) is 22.3 Å². The van der Waals surface area contributed by atoms with Gasteiger partial charge in [-0.1, -0.05) is 41.9 Å². The zero-order valence-corrected chi connectivity index (χ0v) is 12.6. The quantitative estimate of drug-likeness (QED) is 0.886. The molecule has 0 aromatic heterocycles. The van der Waals surface area contributed by atoms with Crippen molar-refractivity contribution in [3.8, 4) is 0 Å². The standard InChI is InChI=1S/C14H14ClFN2O2S/c15-12-5-2-6-13(16)14(12)18-21(19,20)9-11-4-1-3-10(7-11)8-17/h1-7,18H,8-9,17H2. The molecule has 0 unspecified atom stereocenters. The molecule has 112 valence electrons. The van der Waals surface area contributed by atoms with Crippen molar-refractivity contribution in [2.24, 2.45) is 5.73 Å². The highest BCUT2D eigenvalue weighted by Crippen LogP contribution is 2.26. The van der Waals surface area contributed by atoms with Crippen molar-refractivity contribution in [2.75, 3.05) is 4.72 Å². The molecule has 0 amide bonds. The van der Waals surface area contributed by atoms with E-state index < -0.39 is 15.8 Å². The molecule has 2 aromatic carbocycles. The maximum absolute atomic E-state index is 13.6. The minimum atomic E-state index is -3.77. The maximum atomic E-state index is 13.6. The van der Waals surface area contributed by atoms with Crippen LogP contribution in [0, 0.1) is 5.82 Å². The molecule has 0 atom stereocenters. The molecule has 2 rings (SSSR count). The van der Waals surface area contributed by atoms with Crippen molar-refractivity contribution in [3.63, 3.8) is 0 Å². The van der Waals surface area contributed by atoms with Crippen LogP contribution < -0.4 is 10.5 Å². The molecule has 0 heterocycles. The smallest absolute Gasteiger partial charge is 0.237 e. The van der Waals surface area contributed by atoms with E-state index in [2.05, 4.69) is 4.72 Å². The number of halogens is 2. The van der Waals surface area contributed by atoms with E-state index >= 15 is 0 Å². The molecule has 0 radical (unpaired) electrons. The summed E-state index contributed by atoms with van der Waals surface area (Å²) in [5.74, 6) is -1.01. The van der Waals surface area contributed by atoms with E-state index in [4.69, 9.17) is 17.3 Å². The molecule has 0 saturated heterocycles. The van der Waals surface area contributed by atoms with Gasteiger partial charge >= 0.3 is 0 Å². The van der Waals surface area contributed by atoms with E-state index in [1.165, 1.54) is 12.1 Å². The fourth-order valence-electron chi connectivity index (χ4n) is 1.85. The van der Waals surface area contributed by atoms with Crippen molar-refractivity contribution in [1.29, 1.82) is 0 Å². The lowest BCUT2D eigenvalue weighted by molar-refractivity contribution is 0.598. The summed E-state index contributed by atoms with van der Waals surface area (Å²) < 4.78 is 40.0. The molecular formula is C14H14ClFN2O2S. The number of benzene rings is 2. The van der Waals surface area contributed by atoms with Gasteiger partial charge in [0.15, 0.2) is 0 Å². The summed E-state index contributed by atoms with van der Waals surface area (Å²) in [6.45, 7) is 0.320. The molecular weight excluding hydrogens is 315 g/mol. The number of para-hydroxylation sites is 1. The predicted octanol–water partition coefficient (Wildman–Crippen LogP) is 2.88. The molecule has 3 N–H and O–H groups in total. The second-order valence-corrected chi connectivity index (χ2v) is 6.61. The van der Waals surface area contributed by atoms with Gasteiger partial charge < -0.3 is 5.73 Å². The molecule has 0 aliphatic heterocycles. The molecule has 0 spiro atoms. The Hall–Kier alpha value is -1.63. The summed E-state index contributed by atoms with van der Waals surface area (Å²) in [5, 5.41) is 0.00860. The highest BCUT2D eigenvalue weighted by molar-refractivity contribution is 7.91. The lowest BCUT2D eigenvalue weighted by Gasteiger charge is -2.11. The number of anilines is 1. The van der Waals surface area contributed by atoms with E-state index in [0.29, 0.717) is 12.1 Å². The van der Waals surface area contributed by atoms with Crippen molar-refractivity contribution >= 4 is 27.3 Å². The fourth-order valence-corrected chi connectivity index (χ4v) is 3.33. The van der Waals surface area contributed by atoms with Gasteiger partial charge in [0.05, 0.1) is 10.8 Å². The summed E-state index contributed by atoms with van der Waals surface area (Å²) in [5.41, 5.74) is 6.67. The van der Waals surface area contributed by atoms with Gasteiger partial charge in [-0.25, -0.2) is 12.8 Å². The third kappa shape index (κ3) is 4.17. The Labute approximate surface area is 127 Å². The van der Waals surface area contributed by atoms with Crippen LogP contribution in [0.25, 0.3) is 0 Å². The van der Waals surface area contributed by atoms with Crippen molar-refractivity contribution in [3.05, 3.63) is 64.4 Å². The number of nitrogens with two attached hydrogens (primary N) is 1. The zero-order chi connectivity index (χ0) is 15.5. The van der Waals surface area contributed by atoms with E-state index in [0.717, 1.165) is 11.6 Å². The molecule has 0 aliphatic carbocycles. The molecule has 0 aliphatic rings. The molecule has 0 bridgehead atoms. The molecule has 0 fully saturated rings. The van der Waals surface area contributed by atoms with Gasteiger partial charge in [-0.3, -0.25) is 4.72 Å². The van der Waals surface area contributed by atoms with Gasteiger partial charge in [0.2, 0.25) is 10.0 Å². The number of sulfonamides is 1. The van der Waals surface area contributed by atoms with Crippen molar-refractivity contribution in [2.45, 2.75) is 12.3 Å². The number of hydrogen-bond donors (Lipinski definition) is 2. The fraction of sp³-hybridized carbons (Fsp3) is 0.143. The van der Waals surface area contributed by atoms with Crippen molar-refractivity contribution in [1.82, 2.24) is 0 Å². The van der Waals surface area contributed by atoms with Gasteiger partial charge in [-0.15, -0.1) is 0 Å². The predicted molar refractivity (Wildman–Crippen MR) is 82.0 cm³/mol. The Kier molecular flexibility index (Phi) is 4.82.